The average Bonchev–Trinajstić information content (AvgIpc) is 2.31. The van der Waals surface area contributed by atoms with Crippen LogP contribution in [0, 0.1) is 0 Å². The van der Waals surface area contributed by atoms with Gasteiger partial charge in [0, 0.05) is 24.8 Å². The van der Waals surface area contributed by atoms with Crippen molar-refractivity contribution in [2.75, 3.05) is 43.2 Å². The molecule has 2 N–H and O–H groups in total. The number of methoxy groups -OCH3 is 1. The minimum atomic E-state index is 0.708. The Morgan fingerprint density at radius 2 is 2.07 bits per heavy atom. The summed E-state index contributed by atoms with van der Waals surface area (Å²) in [6.07, 6.45) is 2.62. The molecule has 1 aliphatic heterocycles. The second kappa shape index (κ2) is 4.71. The third-order valence-corrected chi connectivity index (χ3v) is 3.85. The van der Waals surface area contributed by atoms with Crippen molar-refractivity contribution in [3.8, 4) is 5.75 Å². The van der Waals surface area contributed by atoms with Gasteiger partial charge in [0.1, 0.15) is 5.75 Å². The lowest BCUT2D eigenvalue weighted by Crippen LogP contribution is -2.31. The molecule has 0 aliphatic carbocycles. The summed E-state index contributed by atoms with van der Waals surface area (Å²) in [5.41, 5.74) is 7.72. The summed E-state index contributed by atoms with van der Waals surface area (Å²) in [4.78, 5) is 2.40. The fourth-order valence-electron chi connectivity index (χ4n) is 1.82. The Morgan fingerprint density at radius 3 is 2.73 bits per heavy atom. The highest BCUT2D eigenvalue weighted by molar-refractivity contribution is 7.38. The van der Waals surface area contributed by atoms with Gasteiger partial charge in [0.25, 0.3) is 0 Å². The third kappa shape index (κ3) is 2.35. The number of nitrogen functional groups attached to an aromatic ring is 1. The molecule has 1 heterocycles. The zero-order chi connectivity index (χ0) is 10.7. The van der Waals surface area contributed by atoms with E-state index in [1.807, 2.05) is 12.1 Å². The highest BCUT2D eigenvalue weighted by Crippen LogP contribution is 2.29. The third-order valence-electron chi connectivity index (χ3n) is 2.70. The summed E-state index contributed by atoms with van der Waals surface area (Å²) in [6, 6.07) is 6.03. The van der Waals surface area contributed by atoms with Crippen LogP contribution in [0.15, 0.2) is 18.2 Å². The first-order chi connectivity index (χ1) is 7.31. The van der Waals surface area contributed by atoms with E-state index in [-0.39, 0.29) is 0 Å². The Kier molecular flexibility index (Phi) is 3.32. The number of hydrogen-bond donors (Lipinski definition) is 1. The fourth-order valence-corrected chi connectivity index (χ4v) is 2.93. The van der Waals surface area contributed by atoms with Crippen LogP contribution in [0.5, 0.6) is 5.75 Å². The van der Waals surface area contributed by atoms with E-state index in [9.17, 15) is 0 Å². The van der Waals surface area contributed by atoms with E-state index in [2.05, 4.69) is 11.0 Å². The van der Waals surface area contributed by atoms with E-state index in [1.165, 1.54) is 18.0 Å². The van der Waals surface area contributed by atoms with Gasteiger partial charge >= 0.3 is 0 Å². The Hall–Kier alpha value is -0.950. The zero-order valence-corrected chi connectivity index (χ0v) is 9.99. The van der Waals surface area contributed by atoms with Crippen LogP contribution in [0.3, 0.4) is 0 Å². The molecule has 1 aliphatic rings. The number of rotatable bonds is 2. The summed E-state index contributed by atoms with van der Waals surface area (Å²) in [5.74, 6) is 0.778. The minimum absolute atomic E-state index is 0.708. The number of benzene rings is 1. The molecule has 1 fully saturated rings. The lowest BCUT2D eigenvalue weighted by Gasteiger charge is -2.29. The molecule has 15 heavy (non-hydrogen) atoms. The van der Waals surface area contributed by atoms with Gasteiger partial charge in [-0.25, -0.2) is 0 Å². The maximum atomic E-state index is 5.79. The maximum absolute atomic E-state index is 5.79. The molecule has 1 saturated heterocycles. The smallest absolute Gasteiger partial charge is 0.143 e. The zero-order valence-electron chi connectivity index (χ0n) is 8.99. The van der Waals surface area contributed by atoms with Gasteiger partial charge in [0.2, 0.25) is 0 Å². The van der Waals surface area contributed by atoms with Crippen molar-refractivity contribution >= 4 is 20.0 Å². The van der Waals surface area contributed by atoms with Crippen molar-refractivity contribution in [2.24, 2.45) is 0 Å². The number of hydrogen-bond acceptors (Lipinski definition) is 3. The van der Waals surface area contributed by atoms with E-state index in [0.717, 1.165) is 27.4 Å². The van der Waals surface area contributed by atoms with Crippen LogP contribution < -0.4 is 15.4 Å². The van der Waals surface area contributed by atoms with Crippen molar-refractivity contribution < 1.29 is 4.74 Å². The second-order valence-corrected chi connectivity index (χ2v) is 5.16. The first-order valence-corrected chi connectivity index (χ1v) is 6.62. The van der Waals surface area contributed by atoms with Crippen molar-refractivity contribution in [1.82, 2.24) is 0 Å². The highest BCUT2D eigenvalue weighted by Gasteiger charge is 2.12. The first kappa shape index (κ1) is 10.6. The van der Waals surface area contributed by atoms with Crippen molar-refractivity contribution in [1.29, 1.82) is 0 Å². The van der Waals surface area contributed by atoms with Gasteiger partial charge in [0.05, 0.1) is 12.8 Å². The Morgan fingerprint density at radius 1 is 1.33 bits per heavy atom. The van der Waals surface area contributed by atoms with Crippen molar-refractivity contribution in [2.45, 2.75) is 0 Å². The lowest BCUT2D eigenvalue weighted by molar-refractivity contribution is 0.417. The first-order valence-electron chi connectivity index (χ1n) is 5.20. The highest BCUT2D eigenvalue weighted by atomic mass is 31.1. The topological polar surface area (TPSA) is 38.5 Å². The summed E-state index contributed by atoms with van der Waals surface area (Å²) in [5, 5.41) is 0. The molecule has 3 nitrogen and oxygen atoms in total. The Balaban J connectivity index is 2.20. The van der Waals surface area contributed by atoms with Gasteiger partial charge in [-0.1, -0.05) is 0 Å². The Labute approximate surface area is 92.4 Å². The number of nitrogens with zero attached hydrogens (tertiary/aromatic N) is 1. The largest absolute Gasteiger partial charge is 0.495 e. The van der Waals surface area contributed by atoms with Crippen LogP contribution in [0.1, 0.15) is 0 Å². The monoisotopic (exact) mass is 224 g/mol. The maximum Gasteiger partial charge on any atom is 0.143 e. The fraction of sp³-hybridized carbons (Fsp3) is 0.455. The standard InChI is InChI=1S/C11H17N2OP/c1-14-11-8-9(2-3-10(11)12)13-4-6-15-7-5-13/h2-3,8,15H,4-7,12H2,1H3. The molecular formula is C11H17N2OP. The van der Waals surface area contributed by atoms with E-state index in [1.54, 1.807) is 7.11 Å². The molecule has 4 heteroatoms. The average molecular weight is 224 g/mol. The molecule has 2 rings (SSSR count). The SMILES string of the molecule is COc1cc(N2CCPCC2)ccc1N. The molecular weight excluding hydrogens is 207 g/mol. The quantitative estimate of drug-likeness (QED) is 0.614. The van der Waals surface area contributed by atoms with Crippen LogP contribution in [0.2, 0.25) is 0 Å². The summed E-state index contributed by atoms with van der Waals surface area (Å²) >= 11 is 0. The predicted octanol–water partition coefficient (Wildman–Crippen LogP) is 1.78. The molecule has 0 aromatic heterocycles. The van der Waals surface area contributed by atoms with Crippen LogP contribution in [-0.4, -0.2) is 32.5 Å². The second-order valence-electron chi connectivity index (χ2n) is 3.66. The van der Waals surface area contributed by atoms with E-state index in [0.29, 0.717) is 5.69 Å². The van der Waals surface area contributed by atoms with E-state index >= 15 is 0 Å². The lowest BCUT2D eigenvalue weighted by atomic mass is 10.2. The number of anilines is 2. The van der Waals surface area contributed by atoms with Crippen LogP contribution in [0.4, 0.5) is 11.4 Å². The molecule has 1 aromatic carbocycles. The van der Waals surface area contributed by atoms with Gasteiger partial charge < -0.3 is 15.4 Å². The van der Waals surface area contributed by atoms with Crippen LogP contribution >= 0.6 is 8.58 Å². The number of nitrogens with two attached hydrogens (primary N) is 1. The van der Waals surface area contributed by atoms with Gasteiger partial charge in [-0.2, -0.15) is 0 Å². The summed E-state index contributed by atoms with van der Waals surface area (Å²) in [7, 11) is 2.79. The molecule has 82 valence electrons. The van der Waals surface area contributed by atoms with Gasteiger partial charge in [-0.3, -0.25) is 0 Å². The molecule has 0 bridgehead atoms. The predicted molar refractivity (Wildman–Crippen MR) is 67.7 cm³/mol. The summed E-state index contributed by atoms with van der Waals surface area (Å²) < 4.78 is 5.23. The van der Waals surface area contributed by atoms with E-state index < -0.39 is 0 Å². The van der Waals surface area contributed by atoms with Gasteiger partial charge in [-0.05, 0) is 24.5 Å². The molecule has 0 saturated carbocycles. The van der Waals surface area contributed by atoms with Crippen LogP contribution in [-0.2, 0) is 0 Å². The normalized spacial score (nSPS) is 16.5. The number of ether oxygens (including phenoxy) is 1. The molecule has 1 aromatic rings. The van der Waals surface area contributed by atoms with Crippen LogP contribution in [0.25, 0.3) is 0 Å². The van der Waals surface area contributed by atoms with Gasteiger partial charge in [0.15, 0.2) is 0 Å². The van der Waals surface area contributed by atoms with Crippen molar-refractivity contribution in [3.63, 3.8) is 0 Å². The van der Waals surface area contributed by atoms with Crippen molar-refractivity contribution in [3.05, 3.63) is 18.2 Å². The summed E-state index contributed by atoms with van der Waals surface area (Å²) in [6.45, 7) is 2.32. The molecule has 0 unspecified atom stereocenters. The molecule has 0 atom stereocenters. The van der Waals surface area contributed by atoms with Gasteiger partial charge in [-0.15, -0.1) is 8.58 Å². The molecule has 0 amide bonds. The molecule has 0 spiro atoms. The van der Waals surface area contributed by atoms with E-state index in [4.69, 9.17) is 10.5 Å². The minimum Gasteiger partial charge on any atom is -0.495 e. The molecule has 0 radical (unpaired) electrons. The Bertz CT molecular complexity index is 337.